The topological polar surface area (TPSA) is 86.1 Å². The van der Waals surface area contributed by atoms with Crippen LogP contribution in [0, 0.1) is 0 Å². The number of rotatable bonds is 5. The number of nitrogens with one attached hydrogen (secondary N) is 1. The van der Waals surface area contributed by atoms with Crippen molar-refractivity contribution in [3.8, 4) is 11.1 Å². The molecule has 7 nitrogen and oxygen atoms in total. The molecule has 1 N–H and O–H groups in total. The maximum Gasteiger partial charge on any atom is 0.411 e. The molecule has 0 aliphatic heterocycles. The monoisotopic (exact) mass is 486 g/mol. The zero-order valence-electron chi connectivity index (χ0n) is 19.7. The van der Waals surface area contributed by atoms with Crippen molar-refractivity contribution in [2.75, 3.05) is 11.9 Å². The lowest BCUT2D eigenvalue weighted by molar-refractivity contribution is 0.0958. The molecule has 0 spiro atoms. The third-order valence-corrected chi connectivity index (χ3v) is 6.48. The van der Waals surface area contributed by atoms with E-state index in [1.54, 1.807) is 30.3 Å². The number of allylic oxidation sites excluding steroid dienone is 1. The summed E-state index contributed by atoms with van der Waals surface area (Å²) in [6.45, 7) is 0.250. The molecule has 1 aliphatic carbocycles. The molecule has 0 atom stereocenters. The van der Waals surface area contributed by atoms with Gasteiger partial charge < -0.3 is 4.74 Å². The lowest BCUT2D eigenvalue weighted by Crippen LogP contribution is -2.17. The van der Waals surface area contributed by atoms with E-state index in [1.165, 1.54) is 33.0 Å². The fraction of sp³-hybridized carbons (Fsp3) is 0.0667. The Morgan fingerprint density at radius 1 is 0.838 bits per heavy atom. The standard InChI is InChI=1S/C30H22N4O3/c35-29(34-28-12-6-5-11-27(28)32-33-34)18-15-20-13-16-21(17-14-20)31-30(36)37-19-26-24-9-3-1-7-22(24)23-8-2-4-10-25(23)26/h1-18,26H,19H2,(H,31,36)/b18-15+. The van der Waals surface area contributed by atoms with Crippen LogP contribution in [0.5, 0.6) is 0 Å². The molecule has 7 heteroatoms. The van der Waals surface area contributed by atoms with Crippen LogP contribution in [0.2, 0.25) is 0 Å². The van der Waals surface area contributed by atoms with E-state index in [2.05, 4.69) is 39.9 Å². The van der Waals surface area contributed by atoms with Crippen LogP contribution in [-0.2, 0) is 4.74 Å². The van der Waals surface area contributed by atoms with E-state index in [4.69, 9.17) is 4.74 Å². The summed E-state index contributed by atoms with van der Waals surface area (Å²) in [5.41, 5.74) is 7.42. The zero-order valence-corrected chi connectivity index (χ0v) is 19.7. The second-order valence-corrected chi connectivity index (χ2v) is 8.73. The van der Waals surface area contributed by atoms with Crippen molar-refractivity contribution in [2.45, 2.75) is 5.92 Å². The van der Waals surface area contributed by atoms with E-state index in [0.29, 0.717) is 16.7 Å². The number of carbonyl (C=O) groups excluding carboxylic acids is 2. The third kappa shape index (κ3) is 4.38. The molecular formula is C30H22N4O3. The Kier molecular flexibility index (Phi) is 5.78. The zero-order chi connectivity index (χ0) is 25.2. The molecule has 6 rings (SSSR count). The van der Waals surface area contributed by atoms with Gasteiger partial charge >= 0.3 is 6.09 Å². The third-order valence-electron chi connectivity index (χ3n) is 6.48. The van der Waals surface area contributed by atoms with Crippen LogP contribution in [0.25, 0.3) is 28.2 Å². The number of fused-ring (bicyclic) bond motifs is 4. The van der Waals surface area contributed by atoms with Gasteiger partial charge in [-0.05, 0) is 58.2 Å². The second-order valence-electron chi connectivity index (χ2n) is 8.73. The number of hydrogen-bond acceptors (Lipinski definition) is 5. The predicted octanol–water partition coefficient (Wildman–Crippen LogP) is 6.15. The number of aromatic nitrogens is 3. The minimum Gasteiger partial charge on any atom is -0.448 e. The molecule has 0 unspecified atom stereocenters. The van der Waals surface area contributed by atoms with E-state index in [0.717, 1.165) is 5.56 Å². The van der Waals surface area contributed by atoms with E-state index in [-0.39, 0.29) is 18.4 Å². The molecule has 1 aromatic heterocycles. The number of anilines is 1. The molecule has 0 bridgehead atoms. The van der Waals surface area contributed by atoms with Gasteiger partial charge in [0.15, 0.2) is 0 Å². The quantitative estimate of drug-likeness (QED) is 0.301. The highest BCUT2D eigenvalue weighted by atomic mass is 16.5. The van der Waals surface area contributed by atoms with E-state index in [9.17, 15) is 9.59 Å². The lowest BCUT2D eigenvalue weighted by Gasteiger charge is -2.14. The van der Waals surface area contributed by atoms with Gasteiger partial charge in [-0.2, -0.15) is 4.68 Å². The van der Waals surface area contributed by atoms with Gasteiger partial charge in [-0.25, -0.2) is 4.79 Å². The molecule has 1 aliphatic rings. The Hall–Kier alpha value is -5.04. The average molecular weight is 487 g/mol. The summed E-state index contributed by atoms with van der Waals surface area (Å²) < 4.78 is 6.87. The largest absolute Gasteiger partial charge is 0.448 e. The predicted molar refractivity (Wildman–Crippen MR) is 142 cm³/mol. The number of ether oxygens (including phenoxy) is 1. The first-order valence-corrected chi connectivity index (χ1v) is 11.9. The molecule has 1 heterocycles. The summed E-state index contributed by atoms with van der Waals surface area (Å²) in [6, 6.07) is 30.9. The molecule has 0 saturated carbocycles. The Labute approximate surface area is 213 Å². The minimum absolute atomic E-state index is 0.00491. The summed E-state index contributed by atoms with van der Waals surface area (Å²) in [6.07, 6.45) is 2.61. The second kappa shape index (κ2) is 9.54. The first-order chi connectivity index (χ1) is 18.2. The highest BCUT2D eigenvalue weighted by Gasteiger charge is 2.29. The van der Waals surface area contributed by atoms with Crippen LogP contribution in [0.4, 0.5) is 10.5 Å². The van der Waals surface area contributed by atoms with Gasteiger partial charge in [0, 0.05) is 17.7 Å². The van der Waals surface area contributed by atoms with Crippen molar-refractivity contribution in [2.24, 2.45) is 0 Å². The smallest absolute Gasteiger partial charge is 0.411 e. The molecule has 0 radical (unpaired) electrons. The van der Waals surface area contributed by atoms with Crippen molar-refractivity contribution in [1.29, 1.82) is 0 Å². The molecule has 0 saturated heterocycles. The summed E-state index contributed by atoms with van der Waals surface area (Å²) in [4.78, 5) is 25.1. The van der Waals surface area contributed by atoms with Crippen LogP contribution in [0.15, 0.2) is 103 Å². The van der Waals surface area contributed by atoms with Crippen molar-refractivity contribution >= 4 is 34.8 Å². The average Bonchev–Trinajstić information content (AvgIpc) is 3.51. The lowest BCUT2D eigenvalue weighted by atomic mass is 9.98. The fourth-order valence-corrected chi connectivity index (χ4v) is 4.70. The highest BCUT2D eigenvalue weighted by molar-refractivity contribution is 5.98. The number of amides is 1. The van der Waals surface area contributed by atoms with Crippen LogP contribution in [0.3, 0.4) is 0 Å². The van der Waals surface area contributed by atoms with Crippen LogP contribution < -0.4 is 5.32 Å². The van der Waals surface area contributed by atoms with Crippen LogP contribution in [-0.4, -0.2) is 33.6 Å². The maximum absolute atomic E-state index is 12.5. The highest BCUT2D eigenvalue weighted by Crippen LogP contribution is 2.44. The van der Waals surface area contributed by atoms with Gasteiger partial charge in [0.2, 0.25) is 0 Å². The molecule has 5 aromatic rings. The molecule has 1 amide bonds. The summed E-state index contributed by atoms with van der Waals surface area (Å²) in [7, 11) is 0. The van der Waals surface area contributed by atoms with Gasteiger partial charge in [0.05, 0.1) is 5.52 Å². The fourth-order valence-electron chi connectivity index (χ4n) is 4.70. The number of hydrogen-bond donors (Lipinski definition) is 1. The first-order valence-electron chi connectivity index (χ1n) is 11.9. The minimum atomic E-state index is -0.515. The number of benzene rings is 4. The molecule has 37 heavy (non-hydrogen) atoms. The number of nitrogens with zero attached hydrogens (tertiary/aromatic N) is 3. The normalized spacial score (nSPS) is 12.4. The van der Waals surface area contributed by atoms with E-state index in [1.807, 2.05) is 48.5 Å². The Bertz CT molecular complexity index is 1610. The van der Waals surface area contributed by atoms with E-state index < -0.39 is 6.09 Å². The van der Waals surface area contributed by atoms with Crippen molar-refractivity contribution in [1.82, 2.24) is 15.0 Å². The van der Waals surface area contributed by atoms with Gasteiger partial charge in [0.25, 0.3) is 5.91 Å². The van der Waals surface area contributed by atoms with Crippen molar-refractivity contribution in [3.63, 3.8) is 0 Å². The Balaban J connectivity index is 1.07. The van der Waals surface area contributed by atoms with Gasteiger partial charge in [0.1, 0.15) is 12.1 Å². The number of para-hydroxylation sites is 1. The SMILES string of the molecule is O=C(Nc1ccc(/C=C/C(=O)n2nnc3ccccc32)cc1)OCC1c2ccccc2-c2ccccc21. The molecule has 180 valence electrons. The maximum atomic E-state index is 12.5. The summed E-state index contributed by atoms with van der Waals surface area (Å²) >= 11 is 0. The molecule has 4 aromatic carbocycles. The Morgan fingerprint density at radius 3 is 2.22 bits per heavy atom. The van der Waals surface area contributed by atoms with Gasteiger partial charge in [-0.15, -0.1) is 5.10 Å². The van der Waals surface area contributed by atoms with E-state index >= 15 is 0 Å². The van der Waals surface area contributed by atoms with Crippen LogP contribution in [0.1, 0.15) is 27.4 Å². The first kappa shape index (κ1) is 22.4. The van der Waals surface area contributed by atoms with Crippen molar-refractivity contribution < 1.29 is 14.3 Å². The van der Waals surface area contributed by atoms with Gasteiger partial charge in [-0.1, -0.05) is 78.0 Å². The summed E-state index contributed by atoms with van der Waals surface area (Å²) in [5, 5.41) is 10.7. The summed E-state index contributed by atoms with van der Waals surface area (Å²) in [5.74, 6) is -0.292. The Morgan fingerprint density at radius 2 is 1.49 bits per heavy atom. The molecule has 0 fully saturated rings. The van der Waals surface area contributed by atoms with Gasteiger partial charge in [-0.3, -0.25) is 10.1 Å². The van der Waals surface area contributed by atoms with Crippen LogP contribution >= 0.6 is 0 Å². The number of carbonyl (C=O) groups is 2. The van der Waals surface area contributed by atoms with Crippen molar-refractivity contribution in [3.05, 3.63) is 120 Å². The molecular weight excluding hydrogens is 464 g/mol.